The summed E-state index contributed by atoms with van der Waals surface area (Å²) in [5.41, 5.74) is 4.51. The highest BCUT2D eigenvalue weighted by molar-refractivity contribution is 5.86. The van der Waals surface area contributed by atoms with Crippen molar-refractivity contribution < 1.29 is 4.74 Å². The molecule has 3 aromatic rings. The Morgan fingerprint density at radius 2 is 1.62 bits per heavy atom. The van der Waals surface area contributed by atoms with Crippen molar-refractivity contribution in [3.05, 3.63) is 73.5 Å². The molecule has 4 nitrogen and oxygen atoms in total. The quantitative estimate of drug-likeness (QED) is 0.746. The number of benzene rings is 2. The van der Waals surface area contributed by atoms with Crippen LogP contribution in [-0.2, 0) is 0 Å². The van der Waals surface area contributed by atoms with E-state index in [2.05, 4.69) is 5.32 Å². The Hall–Kier alpha value is -2.88. The molecule has 0 fully saturated rings. The molecule has 4 heteroatoms. The van der Waals surface area contributed by atoms with Gasteiger partial charge in [0.2, 0.25) is 5.43 Å². The Bertz CT molecular complexity index is 995. The summed E-state index contributed by atoms with van der Waals surface area (Å²) in [6, 6.07) is 11.4. The van der Waals surface area contributed by atoms with E-state index in [4.69, 9.17) is 4.74 Å². The Morgan fingerprint density at radius 3 is 2.29 bits per heavy atom. The first kappa shape index (κ1) is 16.0. The van der Waals surface area contributed by atoms with E-state index in [9.17, 15) is 9.59 Å². The van der Waals surface area contributed by atoms with Crippen LogP contribution in [0.4, 0.5) is 11.4 Å². The van der Waals surface area contributed by atoms with Crippen molar-refractivity contribution in [2.75, 3.05) is 12.4 Å². The van der Waals surface area contributed by atoms with E-state index in [-0.39, 0.29) is 0 Å². The normalized spacial score (nSPS) is 10.8. The first-order valence-corrected chi connectivity index (χ1v) is 7.75. The largest absolute Gasteiger partial charge is 0.495 e. The average molecular weight is 321 g/mol. The minimum Gasteiger partial charge on any atom is -0.495 e. The number of hydrogen-bond donors (Lipinski definition) is 1. The fraction of sp³-hybridized carbons (Fsp3) is 0.200. The zero-order valence-corrected chi connectivity index (χ0v) is 14.2. The Kier molecular flexibility index (Phi) is 3.97. The number of anilines is 2. The molecular formula is C20H19NO3. The van der Waals surface area contributed by atoms with Crippen LogP contribution in [0.25, 0.3) is 11.1 Å². The summed E-state index contributed by atoms with van der Waals surface area (Å²) in [5.74, 6) is 0.625. The summed E-state index contributed by atoms with van der Waals surface area (Å²) in [7, 11) is 1.57. The van der Waals surface area contributed by atoms with Crippen molar-refractivity contribution in [1.82, 2.24) is 0 Å². The van der Waals surface area contributed by atoms with Crippen molar-refractivity contribution >= 4 is 11.4 Å². The van der Waals surface area contributed by atoms with Crippen molar-refractivity contribution in [1.29, 1.82) is 0 Å². The van der Waals surface area contributed by atoms with Gasteiger partial charge >= 0.3 is 0 Å². The van der Waals surface area contributed by atoms with Crippen LogP contribution in [0.1, 0.15) is 16.7 Å². The predicted octanol–water partition coefficient (Wildman–Crippen LogP) is 3.63. The van der Waals surface area contributed by atoms with E-state index in [0.29, 0.717) is 22.7 Å². The maximum absolute atomic E-state index is 12.1. The molecule has 3 aromatic carbocycles. The van der Waals surface area contributed by atoms with Gasteiger partial charge in [0.25, 0.3) is 5.43 Å². The van der Waals surface area contributed by atoms with Crippen molar-refractivity contribution in [3.8, 4) is 16.9 Å². The van der Waals surface area contributed by atoms with Gasteiger partial charge in [0, 0.05) is 0 Å². The van der Waals surface area contributed by atoms with Crippen LogP contribution >= 0.6 is 0 Å². The molecule has 0 spiro atoms. The van der Waals surface area contributed by atoms with Crippen LogP contribution in [0.15, 0.2) is 46.0 Å². The number of methoxy groups -OCH3 is 1. The molecule has 0 aliphatic carbocycles. The highest BCUT2D eigenvalue weighted by atomic mass is 16.5. The van der Waals surface area contributed by atoms with Gasteiger partial charge in [0.15, 0.2) is 0 Å². The van der Waals surface area contributed by atoms with Crippen LogP contribution in [-0.4, -0.2) is 7.11 Å². The number of aryl methyl sites for hydroxylation is 3. The lowest BCUT2D eigenvalue weighted by Crippen LogP contribution is -2.35. The lowest BCUT2D eigenvalue weighted by atomic mass is 9.95. The molecule has 0 unspecified atom stereocenters. The monoisotopic (exact) mass is 321 g/mol. The highest BCUT2D eigenvalue weighted by Gasteiger charge is 2.23. The van der Waals surface area contributed by atoms with Gasteiger partial charge in [-0.3, -0.25) is 9.59 Å². The maximum Gasteiger partial charge on any atom is 0.250 e. The molecule has 0 saturated heterocycles. The molecule has 0 saturated carbocycles. The van der Waals surface area contributed by atoms with Gasteiger partial charge in [0.05, 0.1) is 18.4 Å². The molecule has 24 heavy (non-hydrogen) atoms. The van der Waals surface area contributed by atoms with E-state index in [1.807, 2.05) is 57.2 Å². The van der Waals surface area contributed by atoms with Crippen LogP contribution < -0.4 is 20.9 Å². The fourth-order valence-electron chi connectivity index (χ4n) is 2.74. The van der Waals surface area contributed by atoms with E-state index >= 15 is 0 Å². The summed E-state index contributed by atoms with van der Waals surface area (Å²) < 4.78 is 5.33. The van der Waals surface area contributed by atoms with Gasteiger partial charge in [-0.25, -0.2) is 0 Å². The minimum atomic E-state index is -0.494. The third kappa shape index (κ3) is 2.60. The molecule has 0 aromatic heterocycles. The van der Waals surface area contributed by atoms with E-state index < -0.39 is 10.9 Å². The highest BCUT2D eigenvalue weighted by Crippen LogP contribution is 2.32. The molecule has 0 aliphatic rings. The first-order chi connectivity index (χ1) is 11.4. The average Bonchev–Trinajstić information content (AvgIpc) is 2.57. The smallest absolute Gasteiger partial charge is 0.250 e. The standard InChI is InChI=1S/C20H19NO3/c1-11-5-8-16(24-4)15(9-11)21-18-17(19(22)20(18)23)14-7-6-12(2)13(3)10-14/h5-10,21H,1-4H3. The zero-order valence-electron chi connectivity index (χ0n) is 14.2. The maximum atomic E-state index is 12.1. The molecule has 3 rings (SSSR count). The number of rotatable bonds is 4. The molecule has 1 N–H and O–H groups in total. The zero-order chi connectivity index (χ0) is 17.4. The summed E-state index contributed by atoms with van der Waals surface area (Å²) in [4.78, 5) is 24.2. The molecule has 0 bridgehead atoms. The van der Waals surface area contributed by atoms with Crippen molar-refractivity contribution in [3.63, 3.8) is 0 Å². The van der Waals surface area contributed by atoms with Gasteiger partial charge in [-0.1, -0.05) is 24.3 Å². The Labute approximate surface area is 140 Å². The second-order valence-electron chi connectivity index (χ2n) is 6.04. The molecule has 0 aliphatic heterocycles. The number of hydrogen-bond acceptors (Lipinski definition) is 4. The molecular weight excluding hydrogens is 302 g/mol. The first-order valence-electron chi connectivity index (χ1n) is 7.75. The van der Waals surface area contributed by atoms with Crippen LogP contribution in [0, 0.1) is 20.8 Å². The summed E-state index contributed by atoms with van der Waals surface area (Å²) in [6.07, 6.45) is 0. The van der Waals surface area contributed by atoms with Crippen LogP contribution in [0.2, 0.25) is 0 Å². The molecule has 0 radical (unpaired) electrons. The minimum absolute atomic E-state index is 0.326. The SMILES string of the molecule is COc1ccc(C)cc1Nc1c(-c2ccc(C)c(C)c2)c(=O)c1=O. The topological polar surface area (TPSA) is 55.4 Å². The molecule has 122 valence electrons. The Morgan fingerprint density at radius 1 is 0.875 bits per heavy atom. The lowest BCUT2D eigenvalue weighted by Gasteiger charge is -2.16. The second-order valence-corrected chi connectivity index (χ2v) is 6.04. The predicted molar refractivity (Wildman–Crippen MR) is 97.3 cm³/mol. The third-order valence-electron chi connectivity index (χ3n) is 4.32. The van der Waals surface area contributed by atoms with Gasteiger partial charge in [-0.15, -0.1) is 0 Å². The molecule has 0 heterocycles. The lowest BCUT2D eigenvalue weighted by molar-refractivity contribution is 0.416. The van der Waals surface area contributed by atoms with E-state index in [1.54, 1.807) is 7.11 Å². The van der Waals surface area contributed by atoms with E-state index in [0.717, 1.165) is 22.3 Å². The van der Waals surface area contributed by atoms with Crippen LogP contribution in [0.5, 0.6) is 5.75 Å². The van der Waals surface area contributed by atoms with Gasteiger partial charge < -0.3 is 10.1 Å². The Balaban J connectivity index is 2.07. The van der Waals surface area contributed by atoms with Crippen molar-refractivity contribution in [2.45, 2.75) is 20.8 Å². The molecule has 0 atom stereocenters. The second kappa shape index (κ2) is 5.96. The van der Waals surface area contributed by atoms with Gasteiger partial charge in [0.1, 0.15) is 11.4 Å². The summed E-state index contributed by atoms with van der Waals surface area (Å²) in [6.45, 7) is 5.95. The number of nitrogens with one attached hydrogen (secondary N) is 1. The van der Waals surface area contributed by atoms with Crippen LogP contribution in [0.3, 0.4) is 0 Å². The van der Waals surface area contributed by atoms with Crippen molar-refractivity contribution in [2.24, 2.45) is 0 Å². The fourth-order valence-corrected chi connectivity index (χ4v) is 2.74. The van der Waals surface area contributed by atoms with Gasteiger partial charge in [-0.05, 0) is 55.2 Å². The van der Waals surface area contributed by atoms with Gasteiger partial charge in [-0.2, -0.15) is 0 Å². The summed E-state index contributed by atoms with van der Waals surface area (Å²) in [5, 5.41) is 3.09. The summed E-state index contributed by atoms with van der Waals surface area (Å²) >= 11 is 0. The van der Waals surface area contributed by atoms with E-state index in [1.165, 1.54) is 0 Å². The molecule has 0 amide bonds. The number of ether oxygens (including phenoxy) is 1. The third-order valence-corrected chi connectivity index (χ3v) is 4.32.